The van der Waals surface area contributed by atoms with Gasteiger partial charge in [-0.25, -0.2) is 4.39 Å². The molecule has 0 radical (unpaired) electrons. The van der Waals surface area contributed by atoms with Crippen LogP contribution in [-0.2, 0) is 0 Å². The van der Waals surface area contributed by atoms with Crippen molar-refractivity contribution >= 4 is 34.1 Å². The minimum absolute atomic E-state index is 0.104. The zero-order valence-corrected chi connectivity index (χ0v) is 14.1. The Hall–Kier alpha value is -2.60. The van der Waals surface area contributed by atoms with Crippen molar-refractivity contribution in [2.45, 2.75) is 0 Å². The maximum atomic E-state index is 13.0. The van der Waals surface area contributed by atoms with Gasteiger partial charge < -0.3 is 9.80 Å². The van der Waals surface area contributed by atoms with E-state index in [1.165, 1.54) is 12.1 Å². The van der Waals surface area contributed by atoms with Crippen LogP contribution in [0.15, 0.2) is 42.5 Å². The molecule has 0 atom stereocenters. The Morgan fingerprint density at radius 2 is 1.80 bits per heavy atom. The summed E-state index contributed by atoms with van der Waals surface area (Å²) in [6, 6.07) is 11.7. The number of piperazine rings is 1. The Bertz CT molecular complexity index is 916. The molecule has 1 N–H and O–H groups in total. The zero-order chi connectivity index (χ0) is 17.4. The first-order valence-corrected chi connectivity index (χ1v) is 8.43. The minimum atomic E-state index is -0.248. The summed E-state index contributed by atoms with van der Waals surface area (Å²) in [6.07, 6.45) is 0. The molecule has 1 aromatic heterocycles. The molecule has 128 valence electrons. The number of carbonyl (C=O) groups excluding carboxylic acids is 1. The average Bonchev–Trinajstić information content (AvgIpc) is 3.05. The number of hydrogen-bond acceptors (Lipinski definition) is 3. The van der Waals surface area contributed by atoms with E-state index in [0.29, 0.717) is 36.9 Å². The highest BCUT2D eigenvalue weighted by molar-refractivity contribution is 6.31. The molecule has 1 amide bonds. The number of hydrogen-bond donors (Lipinski definition) is 1. The number of benzene rings is 2. The van der Waals surface area contributed by atoms with Crippen LogP contribution in [0, 0.1) is 5.82 Å². The number of rotatable bonds is 2. The van der Waals surface area contributed by atoms with Crippen LogP contribution in [0.25, 0.3) is 10.9 Å². The molecule has 4 rings (SSSR count). The second kappa shape index (κ2) is 6.37. The summed E-state index contributed by atoms with van der Waals surface area (Å²) >= 11 is 6.04. The molecule has 25 heavy (non-hydrogen) atoms. The number of carbonyl (C=O) groups is 1. The third kappa shape index (κ3) is 3.05. The van der Waals surface area contributed by atoms with Crippen molar-refractivity contribution in [1.29, 1.82) is 0 Å². The molecular formula is C18H16ClFN4O. The second-order valence-electron chi connectivity index (χ2n) is 6.02. The molecule has 2 aromatic carbocycles. The summed E-state index contributed by atoms with van der Waals surface area (Å²) in [5.74, 6) is -0.353. The molecule has 1 fully saturated rings. The molecular weight excluding hydrogens is 343 g/mol. The van der Waals surface area contributed by atoms with Gasteiger partial charge in [-0.2, -0.15) is 5.10 Å². The molecule has 0 bridgehead atoms. The van der Waals surface area contributed by atoms with E-state index in [-0.39, 0.29) is 11.7 Å². The quantitative estimate of drug-likeness (QED) is 0.764. The fourth-order valence-corrected chi connectivity index (χ4v) is 3.29. The molecule has 5 nitrogen and oxygen atoms in total. The van der Waals surface area contributed by atoms with Gasteiger partial charge in [0, 0.05) is 42.3 Å². The zero-order valence-electron chi connectivity index (χ0n) is 13.4. The van der Waals surface area contributed by atoms with Gasteiger partial charge in [0.2, 0.25) is 0 Å². The monoisotopic (exact) mass is 358 g/mol. The largest absolute Gasteiger partial charge is 0.368 e. The van der Waals surface area contributed by atoms with Crippen LogP contribution in [0.1, 0.15) is 10.5 Å². The standard InChI is InChI=1S/C18H16ClFN4O/c19-12-1-6-16-15(11-12)17(22-21-16)18(25)24-9-7-23(8-10-24)14-4-2-13(20)3-5-14/h1-6,11H,7-10H2,(H,21,22). The molecule has 1 aliphatic heterocycles. The van der Waals surface area contributed by atoms with E-state index in [2.05, 4.69) is 15.1 Å². The van der Waals surface area contributed by atoms with Crippen LogP contribution in [-0.4, -0.2) is 47.2 Å². The number of aromatic nitrogens is 2. The third-order valence-electron chi connectivity index (χ3n) is 4.49. The van der Waals surface area contributed by atoms with Crippen molar-refractivity contribution in [3.63, 3.8) is 0 Å². The molecule has 3 aromatic rings. The highest BCUT2D eigenvalue weighted by atomic mass is 35.5. The number of fused-ring (bicyclic) bond motifs is 1. The predicted octanol–water partition coefficient (Wildman–Crippen LogP) is 3.32. The van der Waals surface area contributed by atoms with E-state index in [0.717, 1.165) is 16.6 Å². The SMILES string of the molecule is O=C(c1n[nH]c2ccc(Cl)cc12)N1CCN(c2ccc(F)cc2)CC1. The molecule has 0 unspecified atom stereocenters. The molecule has 1 aliphatic rings. The molecule has 0 saturated carbocycles. The summed E-state index contributed by atoms with van der Waals surface area (Å²) < 4.78 is 13.0. The van der Waals surface area contributed by atoms with Crippen LogP contribution in [0.3, 0.4) is 0 Å². The normalized spacial score (nSPS) is 15.0. The Morgan fingerprint density at radius 3 is 2.52 bits per heavy atom. The van der Waals surface area contributed by atoms with Crippen LogP contribution in [0.2, 0.25) is 5.02 Å². The van der Waals surface area contributed by atoms with Crippen LogP contribution in [0.5, 0.6) is 0 Å². The Morgan fingerprint density at radius 1 is 1.08 bits per heavy atom. The van der Waals surface area contributed by atoms with E-state index in [4.69, 9.17) is 11.6 Å². The van der Waals surface area contributed by atoms with Gasteiger partial charge in [0.25, 0.3) is 5.91 Å². The smallest absolute Gasteiger partial charge is 0.275 e. The number of nitrogens with one attached hydrogen (secondary N) is 1. The first kappa shape index (κ1) is 15.9. The van der Waals surface area contributed by atoms with Gasteiger partial charge >= 0.3 is 0 Å². The van der Waals surface area contributed by atoms with Crippen molar-refractivity contribution in [1.82, 2.24) is 15.1 Å². The van der Waals surface area contributed by atoms with Crippen LogP contribution in [0.4, 0.5) is 10.1 Å². The van der Waals surface area contributed by atoms with E-state index < -0.39 is 0 Å². The fourth-order valence-electron chi connectivity index (χ4n) is 3.12. The first-order valence-electron chi connectivity index (χ1n) is 8.05. The lowest BCUT2D eigenvalue weighted by Crippen LogP contribution is -2.48. The first-order chi connectivity index (χ1) is 12.1. The van der Waals surface area contributed by atoms with Gasteiger partial charge in [-0.1, -0.05) is 11.6 Å². The summed E-state index contributed by atoms with van der Waals surface area (Å²) in [5.41, 5.74) is 2.15. The van der Waals surface area contributed by atoms with E-state index >= 15 is 0 Å². The van der Waals surface area contributed by atoms with Gasteiger partial charge in [0.05, 0.1) is 5.52 Å². The van der Waals surface area contributed by atoms with E-state index in [1.54, 1.807) is 29.2 Å². The second-order valence-corrected chi connectivity index (χ2v) is 6.45. The van der Waals surface area contributed by atoms with Crippen molar-refractivity contribution in [2.75, 3.05) is 31.1 Å². The van der Waals surface area contributed by atoms with Gasteiger partial charge in [-0.3, -0.25) is 9.89 Å². The fraction of sp³-hybridized carbons (Fsp3) is 0.222. The van der Waals surface area contributed by atoms with E-state index in [9.17, 15) is 9.18 Å². The summed E-state index contributed by atoms with van der Waals surface area (Å²) in [7, 11) is 0. The Balaban J connectivity index is 1.49. The minimum Gasteiger partial charge on any atom is -0.368 e. The van der Waals surface area contributed by atoms with Crippen LogP contribution >= 0.6 is 11.6 Å². The molecule has 0 aliphatic carbocycles. The number of H-pyrrole nitrogens is 1. The van der Waals surface area contributed by atoms with E-state index in [1.807, 2.05) is 6.07 Å². The topological polar surface area (TPSA) is 52.2 Å². The maximum Gasteiger partial charge on any atom is 0.275 e. The van der Waals surface area contributed by atoms with Crippen molar-refractivity contribution in [2.24, 2.45) is 0 Å². The predicted molar refractivity (Wildman–Crippen MR) is 95.6 cm³/mol. The number of halogens is 2. The summed E-state index contributed by atoms with van der Waals surface area (Å²) in [6.45, 7) is 2.57. The molecule has 7 heteroatoms. The lowest BCUT2D eigenvalue weighted by molar-refractivity contribution is 0.0743. The van der Waals surface area contributed by atoms with Crippen molar-refractivity contribution in [3.8, 4) is 0 Å². The van der Waals surface area contributed by atoms with Gasteiger partial charge in [-0.15, -0.1) is 0 Å². The Labute approximate surface area is 149 Å². The van der Waals surface area contributed by atoms with Gasteiger partial charge in [0.15, 0.2) is 5.69 Å². The molecule has 2 heterocycles. The number of aromatic amines is 1. The van der Waals surface area contributed by atoms with Crippen LogP contribution < -0.4 is 4.90 Å². The average molecular weight is 359 g/mol. The lowest BCUT2D eigenvalue weighted by Gasteiger charge is -2.35. The lowest BCUT2D eigenvalue weighted by atomic mass is 10.1. The highest BCUT2D eigenvalue weighted by Crippen LogP contribution is 2.23. The summed E-state index contributed by atoms with van der Waals surface area (Å²) in [4.78, 5) is 16.7. The molecule has 1 saturated heterocycles. The number of anilines is 1. The third-order valence-corrected chi connectivity index (χ3v) is 4.72. The summed E-state index contributed by atoms with van der Waals surface area (Å²) in [5, 5.41) is 8.35. The Kier molecular flexibility index (Phi) is 4.05. The van der Waals surface area contributed by atoms with Gasteiger partial charge in [-0.05, 0) is 42.5 Å². The number of amides is 1. The van der Waals surface area contributed by atoms with Crippen molar-refractivity contribution in [3.05, 3.63) is 59.0 Å². The van der Waals surface area contributed by atoms with Gasteiger partial charge in [0.1, 0.15) is 5.82 Å². The number of nitrogens with zero attached hydrogens (tertiary/aromatic N) is 3. The molecule has 0 spiro atoms. The van der Waals surface area contributed by atoms with Crippen molar-refractivity contribution < 1.29 is 9.18 Å². The maximum absolute atomic E-state index is 13.0. The highest BCUT2D eigenvalue weighted by Gasteiger charge is 2.25.